The van der Waals surface area contributed by atoms with E-state index in [0.29, 0.717) is 13.2 Å². The fourth-order valence-corrected chi connectivity index (χ4v) is 4.05. The Labute approximate surface area is 98.3 Å². The van der Waals surface area contributed by atoms with Gasteiger partial charge in [0.2, 0.25) is 0 Å². The van der Waals surface area contributed by atoms with E-state index in [9.17, 15) is 5.11 Å². The molecule has 1 unspecified atom stereocenters. The van der Waals surface area contributed by atoms with Crippen LogP contribution in [0.25, 0.3) is 0 Å². The minimum Gasteiger partial charge on any atom is -0.393 e. The van der Waals surface area contributed by atoms with Crippen LogP contribution in [-0.4, -0.2) is 26.9 Å². The number of hydrogen-bond acceptors (Lipinski definition) is 3. The Morgan fingerprint density at radius 3 is 2.06 bits per heavy atom. The number of benzene rings is 1. The van der Waals surface area contributed by atoms with Crippen LogP contribution >= 0.6 is 0 Å². The minimum absolute atomic E-state index is 0.562. The van der Waals surface area contributed by atoms with Gasteiger partial charge in [0.05, 0.1) is 0 Å². The SMILES string of the molecule is CCO[Si](C)(OCC)C(O)c1ccccc1. The smallest absolute Gasteiger partial charge is 0.369 e. The van der Waals surface area contributed by atoms with E-state index in [0.717, 1.165) is 5.56 Å². The van der Waals surface area contributed by atoms with E-state index in [4.69, 9.17) is 8.85 Å². The van der Waals surface area contributed by atoms with E-state index in [1.807, 2.05) is 50.7 Å². The molecule has 0 heterocycles. The molecule has 0 aliphatic carbocycles. The highest BCUT2D eigenvalue weighted by atomic mass is 28.4. The molecule has 16 heavy (non-hydrogen) atoms. The first-order chi connectivity index (χ1) is 7.64. The summed E-state index contributed by atoms with van der Waals surface area (Å²) in [4.78, 5) is 0. The summed E-state index contributed by atoms with van der Waals surface area (Å²) >= 11 is 0. The first-order valence-corrected chi connectivity index (χ1v) is 8.04. The lowest BCUT2D eigenvalue weighted by molar-refractivity contribution is 0.116. The average molecular weight is 240 g/mol. The summed E-state index contributed by atoms with van der Waals surface area (Å²) in [5, 5.41) is 10.3. The van der Waals surface area contributed by atoms with Crippen LogP contribution in [0.2, 0.25) is 6.55 Å². The number of aliphatic hydroxyl groups excluding tert-OH is 1. The highest BCUT2D eigenvalue weighted by molar-refractivity contribution is 6.67. The van der Waals surface area contributed by atoms with Gasteiger partial charge in [0.1, 0.15) is 5.73 Å². The van der Waals surface area contributed by atoms with Crippen LogP contribution in [0.15, 0.2) is 30.3 Å². The molecule has 0 spiro atoms. The van der Waals surface area contributed by atoms with Gasteiger partial charge >= 0.3 is 8.56 Å². The second-order valence-electron chi connectivity index (χ2n) is 3.70. The van der Waals surface area contributed by atoms with Gasteiger partial charge in [0, 0.05) is 13.2 Å². The first-order valence-electron chi connectivity index (χ1n) is 5.65. The number of aliphatic hydroxyl groups is 1. The molecular weight excluding hydrogens is 220 g/mol. The lowest BCUT2D eigenvalue weighted by Gasteiger charge is -2.30. The van der Waals surface area contributed by atoms with Crippen molar-refractivity contribution in [2.45, 2.75) is 26.1 Å². The van der Waals surface area contributed by atoms with Crippen molar-refractivity contribution in [3.05, 3.63) is 35.9 Å². The summed E-state index contributed by atoms with van der Waals surface area (Å²) in [6.07, 6.45) is 0. The molecule has 0 aromatic heterocycles. The molecule has 1 aromatic rings. The molecule has 0 saturated carbocycles. The third kappa shape index (κ3) is 3.15. The molecule has 1 atom stereocenters. The summed E-state index contributed by atoms with van der Waals surface area (Å²) in [7, 11) is -2.54. The Morgan fingerprint density at radius 1 is 1.12 bits per heavy atom. The van der Waals surface area contributed by atoms with Crippen LogP contribution in [-0.2, 0) is 8.85 Å². The van der Waals surface area contributed by atoms with Crippen molar-refractivity contribution >= 4 is 8.56 Å². The van der Waals surface area contributed by atoms with Gasteiger partial charge < -0.3 is 14.0 Å². The Hall–Kier alpha value is -0.683. The van der Waals surface area contributed by atoms with Gasteiger partial charge in [-0.05, 0) is 26.0 Å². The van der Waals surface area contributed by atoms with E-state index >= 15 is 0 Å². The van der Waals surface area contributed by atoms with Crippen molar-refractivity contribution in [3.63, 3.8) is 0 Å². The average Bonchev–Trinajstić information content (AvgIpc) is 2.30. The van der Waals surface area contributed by atoms with Gasteiger partial charge in [-0.15, -0.1) is 0 Å². The van der Waals surface area contributed by atoms with Crippen molar-refractivity contribution in [1.29, 1.82) is 0 Å². The van der Waals surface area contributed by atoms with E-state index in [1.54, 1.807) is 0 Å². The summed E-state index contributed by atoms with van der Waals surface area (Å²) in [5.41, 5.74) is 0.215. The van der Waals surface area contributed by atoms with E-state index in [-0.39, 0.29) is 0 Å². The van der Waals surface area contributed by atoms with Crippen LogP contribution in [0.3, 0.4) is 0 Å². The number of hydrogen-bond donors (Lipinski definition) is 1. The molecule has 4 heteroatoms. The zero-order valence-corrected chi connectivity index (χ0v) is 11.1. The Bertz CT molecular complexity index is 296. The van der Waals surface area contributed by atoms with E-state index in [1.165, 1.54) is 0 Å². The normalized spacial score (nSPS) is 13.8. The molecule has 0 radical (unpaired) electrons. The maximum atomic E-state index is 10.3. The topological polar surface area (TPSA) is 38.7 Å². The van der Waals surface area contributed by atoms with E-state index < -0.39 is 14.3 Å². The Kier molecular flexibility index (Phi) is 5.14. The predicted molar refractivity (Wildman–Crippen MR) is 66.3 cm³/mol. The van der Waals surface area contributed by atoms with Crippen LogP contribution in [0, 0.1) is 0 Å². The van der Waals surface area contributed by atoms with Crippen molar-refractivity contribution in [1.82, 2.24) is 0 Å². The van der Waals surface area contributed by atoms with Crippen molar-refractivity contribution in [2.75, 3.05) is 13.2 Å². The predicted octanol–water partition coefficient (Wildman–Crippen LogP) is 2.40. The van der Waals surface area contributed by atoms with Crippen LogP contribution in [0.1, 0.15) is 25.1 Å². The molecule has 90 valence electrons. The fourth-order valence-electron chi connectivity index (χ4n) is 1.71. The summed E-state index contributed by atoms with van der Waals surface area (Å²) in [5.74, 6) is 0. The minimum atomic E-state index is -2.54. The molecule has 1 rings (SSSR count). The monoisotopic (exact) mass is 240 g/mol. The molecule has 0 bridgehead atoms. The van der Waals surface area contributed by atoms with Crippen molar-refractivity contribution in [3.8, 4) is 0 Å². The Balaban J connectivity index is 2.86. The van der Waals surface area contributed by atoms with Crippen molar-refractivity contribution in [2.24, 2.45) is 0 Å². The third-order valence-corrected chi connectivity index (χ3v) is 5.52. The summed E-state index contributed by atoms with van der Waals surface area (Å²) < 4.78 is 11.3. The van der Waals surface area contributed by atoms with Crippen molar-refractivity contribution < 1.29 is 14.0 Å². The molecule has 0 aliphatic heterocycles. The molecule has 0 saturated heterocycles. The van der Waals surface area contributed by atoms with Gasteiger partial charge in [0.15, 0.2) is 0 Å². The Morgan fingerprint density at radius 2 is 1.62 bits per heavy atom. The lowest BCUT2D eigenvalue weighted by Crippen LogP contribution is -2.45. The van der Waals surface area contributed by atoms with Gasteiger partial charge in [-0.3, -0.25) is 0 Å². The van der Waals surface area contributed by atoms with Crippen LogP contribution in [0.5, 0.6) is 0 Å². The molecule has 1 N–H and O–H groups in total. The maximum Gasteiger partial charge on any atom is 0.369 e. The molecule has 0 fully saturated rings. The summed E-state index contributed by atoms with van der Waals surface area (Å²) in [6.45, 7) is 6.86. The van der Waals surface area contributed by atoms with Gasteiger partial charge in [-0.2, -0.15) is 0 Å². The van der Waals surface area contributed by atoms with Gasteiger partial charge in [-0.1, -0.05) is 30.3 Å². The molecule has 1 aromatic carbocycles. The quantitative estimate of drug-likeness (QED) is 0.776. The highest BCUT2D eigenvalue weighted by Gasteiger charge is 2.40. The standard InChI is InChI=1S/C12H20O3Si/c1-4-14-16(3,15-5-2)12(13)11-9-7-6-8-10-11/h6-10,12-13H,4-5H2,1-3H3. The first kappa shape index (κ1) is 13.4. The second kappa shape index (κ2) is 6.15. The van der Waals surface area contributed by atoms with Crippen LogP contribution < -0.4 is 0 Å². The second-order valence-corrected chi connectivity index (χ2v) is 6.85. The molecule has 0 amide bonds. The van der Waals surface area contributed by atoms with E-state index in [2.05, 4.69) is 0 Å². The summed E-state index contributed by atoms with van der Waals surface area (Å²) in [6, 6.07) is 9.54. The largest absolute Gasteiger partial charge is 0.393 e. The maximum absolute atomic E-state index is 10.3. The van der Waals surface area contributed by atoms with Gasteiger partial charge in [0.25, 0.3) is 0 Å². The molecule has 3 nitrogen and oxygen atoms in total. The highest BCUT2D eigenvalue weighted by Crippen LogP contribution is 2.26. The zero-order valence-electron chi connectivity index (χ0n) is 10.1. The lowest BCUT2D eigenvalue weighted by atomic mass is 10.2. The van der Waals surface area contributed by atoms with Crippen LogP contribution in [0.4, 0.5) is 0 Å². The molecular formula is C12H20O3Si. The zero-order chi connectivity index (χ0) is 12.0. The molecule has 0 aliphatic rings. The van der Waals surface area contributed by atoms with Gasteiger partial charge in [-0.25, -0.2) is 0 Å². The fraction of sp³-hybridized carbons (Fsp3) is 0.500. The third-order valence-electron chi connectivity index (χ3n) is 2.47. The number of rotatable bonds is 6.